The zero-order valence-electron chi connectivity index (χ0n) is 5.82. The molecule has 0 amide bonds. The van der Waals surface area contributed by atoms with Crippen LogP contribution in [0.4, 0.5) is 11.5 Å². The van der Waals surface area contributed by atoms with Gasteiger partial charge in [0, 0.05) is 16.7 Å². The number of nitro groups is 1. The van der Waals surface area contributed by atoms with Crippen molar-refractivity contribution < 1.29 is 10.4 Å². The summed E-state index contributed by atoms with van der Waals surface area (Å²) in [5.74, 6) is -0.0711. The molecule has 0 fully saturated rings. The van der Waals surface area contributed by atoms with E-state index in [1.165, 1.54) is 12.3 Å². The first-order chi connectivity index (χ1) is 5.11. The largest absolute Gasteiger partial charge is 0.412 e. The molecule has 1 heterocycles. The van der Waals surface area contributed by atoms with E-state index >= 15 is 0 Å². The van der Waals surface area contributed by atoms with Gasteiger partial charge in [-0.25, -0.2) is 4.98 Å². The summed E-state index contributed by atoms with van der Waals surface area (Å²) in [5, 5.41) is 10.2. The summed E-state index contributed by atoms with van der Waals surface area (Å²) in [6, 6.07) is 1.31. The van der Waals surface area contributed by atoms with Gasteiger partial charge in [-0.3, -0.25) is 10.1 Å². The summed E-state index contributed by atoms with van der Waals surface area (Å²) in [5.41, 5.74) is 5.04. The van der Waals surface area contributed by atoms with Gasteiger partial charge in [-0.05, 0) is 15.9 Å². The molecule has 0 bridgehead atoms. The lowest BCUT2D eigenvalue weighted by atomic mass is 10.4. The molecule has 0 aromatic carbocycles. The van der Waals surface area contributed by atoms with Gasteiger partial charge in [-0.15, -0.1) is 0 Å². The first-order valence-corrected chi connectivity index (χ1v) is 3.46. The van der Waals surface area contributed by atoms with Gasteiger partial charge in [0.2, 0.25) is 5.82 Å². The Kier molecular flexibility index (Phi) is 3.58. The Bertz CT molecular complexity index is 304. The molecule has 0 saturated heterocycles. The molecule has 0 saturated carbocycles. The van der Waals surface area contributed by atoms with Crippen LogP contribution in [0.3, 0.4) is 0 Å². The van der Waals surface area contributed by atoms with Gasteiger partial charge >= 0.3 is 5.69 Å². The fraction of sp³-hybridized carbons (Fsp3) is 0. The van der Waals surface area contributed by atoms with Crippen LogP contribution in [-0.2, 0) is 0 Å². The number of nitrogens with two attached hydrogens (primary N) is 1. The van der Waals surface area contributed by atoms with Crippen molar-refractivity contribution in [2.24, 2.45) is 0 Å². The third-order valence-electron chi connectivity index (χ3n) is 1.06. The minimum atomic E-state index is -0.576. The highest BCUT2D eigenvalue weighted by Crippen LogP contribution is 2.22. The van der Waals surface area contributed by atoms with E-state index in [1.807, 2.05) is 0 Å². The Morgan fingerprint density at radius 3 is 2.67 bits per heavy atom. The van der Waals surface area contributed by atoms with Crippen molar-refractivity contribution >= 4 is 27.4 Å². The van der Waals surface area contributed by atoms with E-state index in [0.29, 0.717) is 4.47 Å². The Hall–Kier alpha value is -1.21. The van der Waals surface area contributed by atoms with Crippen LogP contribution in [0.5, 0.6) is 0 Å². The van der Waals surface area contributed by atoms with Crippen molar-refractivity contribution in [3.63, 3.8) is 0 Å². The van der Waals surface area contributed by atoms with Crippen LogP contribution >= 0.6 is 15.9 Å². The summed E-state index contributed by atoms with van der Waals surface area (Å²) >= 11 is 3.04. The fourth-order valence-electron chi connectivity index (χ4n) is 0.585. The van der Waals surface area contributed by atoms with Gasteiger partial charge in [0.1, 0.15) is 0 Å². The van der Waals surface area contributed by atoms with Crippen molar-refractivity contribution in [1.82, 2.24) is 4.98 Å². The molecule has 0 aliphatic heterocycles. The van der Waals surface area contributed by atoms with E-state index in [2.05, 4.69) is 20.9 Å². The second-order valence-corrected chi connectivity index (χ2v) is 2.73. The van der Waals surface area contributed by atoms with E-state index in [-0.39, 0.29) is 17.0 Å². The van der Waals surface area contributed by atoms with Crippen LogP contribution in [0.25, 0.3) is 0 Å². The predicted molar refractivity (Wildman–Crippen MR) is 46.6 cm³/mol. The maximum Gasteiger partial charge on any atom is 0.312 e. The average Bonchev–Trinajstić information content (AvgIpc) is 1.94. The Labute approximate surface area is 76.0 Å². The number of aromatic nitrogens is 1. The van der Waals surface area contributed by atoms with Crippen LogP contribution in [0.15, 0.2) is 16.7 Å². The van der Waals surface area contributed by atoms with Gasteiger partial charge in [-0.1, -0.05) is 0 Å². The molecule has 6 nitrogen and oxygen atoms in total. The third-order valence-corrected chi connectivity index (χ3v) is 1.49. The lowest BCUT2D eigenvalue weighted by Crippen LogP contribution is -1.97. The molecule has 12 heavy (non-hydrogen) atoms. The van der Waals surface area contributed by atoms with Crippen LogP contribution in [0.1, 0.15) is 0 Å². The van der Waals surface area contributed by atoms with Gasteiger partial charge in [0.05, 0.1) is 4.92 Å². The number of pyridine rings is 1. The van der Waals surface area contributed by atoms with E-state index in [0.717, 1.165) is 0 Å². The van der Waals surface area contributed by atoms with Crippen LogP contribution in [0.2, 0.25) is 0 Å². The molecule has 1 aromatic heterocycles. The number of anilines is 1. The van der Waals surface area contributed by atoms with Crippen LogP contribution in [-0.4, -0.2) is 15.4 Å². The zero-order chi connectivity index (χ0) is 8.43. The number of hydrogen-bond acceptors (Lipinski definition) is 4. The quantitative estimate of drug-likeness (QED) is 0.564. The van der Waals surface area contributed by atoms with E-state index in [1.54, 1.807) is 0 Å². The first kappa shape index (κ1) is 10.8. The normalized spacial score (nSPS) is 8.75. The van der Waals surface area contributed by atoms with E-state index < -0.39 is 4.92 Å². The molecule has 0 aliphatic rings. The second kappa shape index (κ2) is 3.98. The molecule has 0 unspecified atom stereocenters. The summed E-state index contributed by atoms with van der Waals surface area (Å²) < 4.78 is 0.540. The Morgan fingerprint density at radius 2 is 2.25 bits per heavy atom. The lowest BCUT2D eigenvalue weighted by molar-refractivity contribution is -0.384. The lowest BCUT2D eigenvalue weighted by Gasteiger charge is -1.94. The molecule has 4 N–H and O–H groups in total. The highest BCUT2D eigenvalue weighted by atomic mass is 79.9. The first-order valence-electron chi connectivity index (χ1n) is 2.66. The topological polar surface area (TPSA) is 114 Å². The molecule has 0 radical (unpaired) electrons. The predicted octanol–water partition coefficient (Wildman–Crippen LogP) is 0.510. The summed E-state index contributed by atoms with van der Waals surface area (Å²) in [6.07, 6.45) is 1.41. The number of hydrogen-bond donors (Lipinski definition) is 1. The zero-order valence-corrected chi connectivity index (χ0v) is 7.41. The van der Waals surface area contributed by atoms with Crippen molar-refractivity contribution in [3.8, 4) is 0 Å². The highest BCUT2D eigenvalue weighted by Gasteiger charge is 2.11. The van der Waals surface area contributed by atoms with Crippen LogP contribution < -0.4 is 5.73 Å². The summed E-state index contributed by atoms with van der Waals surface area (Å²) in [7, 11) is 0. The third kappa shape index (κ3) is 2.14. The molecule has 1 rings (SSSR count). The fourth-order valence-corrected chi connectivity index (χ4v) is 0.905. The minimum Gasteiger partial charge on any atom is -0.412 e. The Balaban J connectivity index is 0.00000121. The van der Waals surface area contributed by atoms with Crippen molar-refractivity contribution in [2.45, 2.75) is 0 Å². The molecule has 0 aliphatic carbocycles. The minimum absolute atomic E-state index is 0. The van der Waals surface area contributed by atoms with Crippen molar-refractivity contribution in [1.29, 1.82) is 0 Å². The van der Waals surface area contributed by atoms with E-state index in [4.69, 9.17) is 5.73 Å². The smallest absolute Gasteiger partial charge is 0.312 e. The van der Waals surface area contributed by atoms with Gasteiger partial charge in [0.25, 0.3) is 0 Å². The Morgan fingerprint density at radius 1 is 1.67 bits per heavy atom. The van der Waals surface area contributed by atoms with Gasteiger partial charge < -0.3 is 11.2 Å². The highest BCUT2D eigenvalue weighted by molar-refractivity contribution is 9.10. The van der Waals surface area contributed by atoms with Gasteiger partial charge in [-0.2, -0.15) is 0 Å². The van der Waals surface area contributed by atoms with Crippen molar-refractivity contribution in [2.75, 3.05) is 5.73 Å². The second-order valence-electron chi connectivity index (χ2n) is 1.82. The molecular weight excluding hydrogens is 230 g/mol. The molecule has 0 spiro atoms. The maximum absolute atomic E-state index is 10.2. The molecule has 1 aromatic rings. The molecule has 7 heteroatoms. The number of nitrogens with zero attached hydrogens (tertiary/aromatic N) is 2. The van der Waals surface area contributed by atoms with Gasteiger partial charge in [0.15, 0.2) is 0 Å². The van der Waals surface area contributed by atoms with E-state index in [9.17, 15) is 10.1 Å². The molecule has 66 valence electrons. The monoisotopic (exact) mass is 235 g/mol. The number of halogens is 1. The molecular formula is C5H6BrN3O3. The number of nitrogen functional groups attached to an aromatic ring is 1. The summed E-state index contributed by atoms with van der Waals surface area (Å²) in [6.45, 7) is 0. The van der Waals surface area contributed by atoms with Crippen molar-refractivity contribution in [3.05, 3.63) is 26.9 Å². The summed E-state index contributed by atoms with van der Waals surface area (Å²) in [4.78, 5) is 13.3. The van der Waals surface area contributed by atoms with Crippen LogP contribution in [0, 0.1) is 10.1 Å². The number of rotatable bonds is 1. The maximum atomic E-state index is 10.2. The SMILES string of the molecule is Nc1ncc(Br)cc1[N+](=O)[O-].O. The average molecular weight is 236 g/mol. The standard InChI is InChI=1S/C5H4BrN3O2.H2O/c6-3-1-4(9(10)11)5(7)8-2-3;/h1-2H,(H2,7,8);1H2. The molecule has 0 atom stereocenters.